The highest BCUT2D eigenvalue weighted by Crippen LogP contribution is 2.40. The predicted octanol–water partition coefficient (Wildman–Crippen LogP) is 9.55. The van der Waals surface area contributed by atoms with Crippen LogP contribution in [0.2, 0.25) is 0 Å². The summed E-state index contributed by atoms with van der Waals surface area (Å²) in [6, 6.07) is 9.84. The van der Waals surface area contributed by atoms with Crippen LogP contribution in [0.4, 0.5) is 17.6 Å². The standard InChI is InChI=1S/C32H40F4O2/c1-3-4-22-9-13-25(14-10-22)26-15-11-23(12-16-26)19-28(37)27-17-18-29(31(33)30(27)32(34,35)36)38-20-24-7-5-21(2)6-8-24/h11-12,15-18,21-22,24-25H,3-10,13-14,19-20H2,1-2H3. The largest absolute Gasteiger partial charge is 0.490 e. The number of hydrogen-bond acceptors (Lipinski definition) is 2. The zero-order chi connectivity index (χ0) is 27.3. The molecule has 0 amide bonds. The van der Waals surface area contributed by atoms with Crippen molar-refractivity contribution < 1.29 is 27.1 Å². The highest BCUT2D eigenvalue weighted by Gasteiger charge is 2.40. The van der Waals surface area contributed by atoms with Gasteiger partial charge in [-0.3, -0.25) is 4.79 Å². The van der Waals surface area contributed by atoms with Crippen molar-refractivity contribution in [1.82, 2.24) is 0 Å². The number of alkyl halides is 3. The van der Waals surface area contributed by atoms with Gasteiger partial charge in [-0.25, -0.2) is 4.39 Å². The van der Waals surface area contributed by atoms with Gasteiger partial charge in [0, 0.05) is 12.0 Å². The minimum Gasteiger partial charge on any atom is -0.490 e. The molecule has 2 aromatic rings. The van der Waals surface area contributed by atoms with E-state index in [-0.39, 0.29) is 18.9 Å². The van der Waals surface area contributed by atoms with Crippen molar-refractivity contribution >= 4 is 5.78 Å². The Hall–Kier alpha value is -2.37. The van der Waals surface area contributed by atoms with Crippen LogP contribution in [0, 0.1) is 23.6 Å². The molecule has 2 nitrogen and oxygen atoms in total. The third-order valence-electron chi connectivity index (χ3n) is 8.66. The van der Waals surface area contributed by atoms with Gasteiger partial charge in [0.25, 0.3) is 0 Å². The molecule has 2 aliphatic carbocycles. The summed E-state index contributed by atoms with van der Waals surface area (Å²) in [7, 11) is 0. The van der Waals surface area contributed by atoms with Crippen molar-refractivity contribution in [3.8, 4) is 5.75 Å². The number of rotatable bonds is 9. The molecule has 0 unspecified atom stereocenters. The predicted molar refractivity (Wildman–Crippen MR) is 142 cm³/mol. The molecule has 6 heteroatoms. The van der Waals surface area contributed by atoms with Crippen molar-refractivity contribution in [3.05, 3.63) is 64.5 Å². The van der Waals surface area contributed by atoms with Gasteiger partial charge in [-0.15, -0.1) is 0 Å². The van der Waals surface area contributed by atoms with Crippen LogP contribution in [0.3, 0.4) is 0 Å². The number of carbonyl (C=O) groups is 1. The lowest BCUT2D eigenvalue weighted by atomic mass is 9.77. The van der Waals surface area contributed by atoms with Crippen LogP contribution >= 0.6 is 0 Å². The van der Waals surface area contributed by atoms with Crippen LogP contribution < -0.4 is 4.74 Å². The quantitative estimate of drug-likeness (QED) is 0.237. The summed E-state index contributed by atoms with van der Waals surface area (Å²) in [6.07, 6.45) is 5.94. The summed E-state index contributed by atoms with van der Waals surface area (Å²) in [5.74, 6) is -0.556. The van der Waals surface area contributed by atoms with Gasteiger partial charge in [0.15, 0.2) is 17.3 Å². The van der Waals surface area contributed by atoms with E-state index in [2.05, 4.69) is 13.8 Å². The summed E-state index contributed by atoms with van der Waals surface area (Å²) < 4.78 is 62.3. The van der Waals surface area contributed by atoms with Gasteiger partial charge in [-0.2, -0.15) is 13.2 Å². The number of halogens is 4. The monoisotopic (exact) mass is 532 g/mol. The number of ketones is 1. The fourth-order valence-electron chi connectivity index (χ4n) is 6.26. The molecule has 0 spiro atoms. The molecular formula is C32H40F4O2. The third-order valence-corrected chi connectivity index (χ3v) is 8.66. The Labute approximate surface area is 224 Å². The highest BCUT2D eigenvalue weighted by molar-refractivity contribution is 5.99. The fraction of sp³-hybridized carbons (Fsp3) is 0.594. The molecule has 38 heavy (non-hydrogen) atoms. The molecule has 2 saturated carbocycles. The first-order valence-electron chi connectivity index (χ1n) is 14.3. The Bertz CT molecular complexity index is 1060. The molecule has 0 aliphatic heterocycles. The molecule has 0 N–H and O–H groups in total. The lowest BCUT2D eigenvalue weighted by molar-refractivity contribution is -0.140. The second-order valence-corrected chi connectivity index (χ2v) is 11.6. The molecule has 0 saturated heterocycles. The maximum Gasteiger partial charge on any atom is 0.420 e. The van der Waals surface area contributed by atoms with E-state index in [0.29, 0.717) is 17.4 Å². The summed E-state index contributed by atoms with van der Waals surface area (Å²) in [6.45, 7) is 4.58. The average molecular weight is 533 g/mol. The van der Waals surface area contributed by atoms with Crippen LogP contribution in [-0.4, -0.2) is 12.4 Å². The zero-order valence-corrected chi connectivity index (χ0v) is 22.6. The molecule has 0 atom stereocenters. The van der Waals surface area contributed by atoms with Gasteiger partial charge >= 0.3 is 6.18 Å². The lowest BCUT2D eigenvalue weighted by Gasteiger charge is -2.28. The minimum absolute atomic E-state index is 0.181. The first-order valence-corrected chi connectivity index (χ1v) is 14.3. The highest BCUT2D eigenvalue weighted by atomic mass is 19.4. The summed E-state index contributed by atoms with van der Waals surface area (Å²) in [4.78, 5) is 13.0. The minimum atomic E-state index is -5.00. The molecule has 0 radical (unpaired) electrons. The number of ether oxygens (including phenoxy) is 1. The number of Topliss-reactive ketones (excluding diaryl/α,β-unsaturated/α-hetero) is 1. The Morgan fingerprint density at radius 3 is 2.13 bits per heavy atom. The van der Waals surface area contributed by atoms with E-state index in [1.807, 2.05) is 24.3 Å². The Kier molecular flexibility index (Phi) is 9.54. The van der Waals surface area contributed by atoms with Gasteiger partial charge in [-0.05, 0) is 85.5 Å². The van der Waals surface area contributed by atoms with E-state index in [4.69, 9.17) is 4.74 Å². The van der Waals surface area contributed by atoms with Gasteiger partial charge in [0.05, 0.1) is 6.61 Å². The van der Waals surface area contributed by atoms with E-state index in [9.17, 15) is 18.0 Å². The Balaban J connectivity index is 1.43. The summed E-state index contributed by atoms with van der Waals surface area (Å²) >= 11 is 0. The fourth-order valence-corrected chi connectivity index (χ4v) is 6.26. The van der Waals surface area contributed by atoms with Crippen LogP contribution in [0.5, 0.6) is 5.75 Å². The second kappa shape index (κ2) is 12.7. The van der Waals surface area contributed by atoms with Crippen molar-refractivity contribution in [2.24, 2.45) is 17.8 Å². The van der Waals surface area contributed by atoms with Crippen LogP contribution in [0.15, 0.2) is 36.4 Å². The van der Waals surface area contributed by atoms with Crippen LogP contribution in [-0.2, 0) is 12.6 Å². The van der Waals surface area contributed by atoms with Gasteiger partial charge in [0.2, 0.25) is 0 Å². The first kappa shape index (κ1) is 28.6. The maximum atomic E-state index is 15.1. The summed E-state index contributed by atoms with van der Waals surface area (Å²) in [5.41, 5.74) is -0.337. The van der Waals surface area contributed by atoms with Crippen molar-refractivity contribution in [3.63, 3.8) is 0 Å². The normalized spacial score (nSPS) is 24.3. The van der Waals surface area contributed by atoms with Gasteiger partial charge in [0.1, 0.15) is 5.56 Å². The molecule has 0 heterocycles. The molecule has 208 valence electrons. The number of carbonyl (C=O) groups excluding carboxylic acids is 1. The average Bonchev–Trinajstić information content (AvgIpc) is 2.89. The number of benzene rings is 2. The topological polar surface area (TPSA) is 26.3 Å². The molecule has 2 aromatic carbocycles. The van der Waals surface area contributed by atoms with Gasteiger partial charge < -0.3 is 4.74 Å². The SMILES string of the molecule is CCCC1CCC(c2ccc(CC(=O)c3ccc(OCC4CCC(C)CC4)c(F)c3C(F)(F)F)cc2)CC1. The lowest BCUT2D eigenvalue weighted by Crippen LogP contribution is -2.21. The van der Waals surface area contributed by atoms with E-state index >= 15 is 4.39 Å². The van der Waals surface area contributed by atoms with E-state index < -0.39 is 34.7 Å². The second-order valence-electron chi connectivity index (χ2n) is 11.6. The number of hydrogen-bond donors (Lipinski definition) is 0. The molecular weight excluding hydrogens is 492 g/mol. The van der Waals surface area contributed by atoms with Crippen molar-refractivity contribution in [2.75, 3.05) is 6.61 Å². The van der Waals surface area contributed by atoms with Crippen molar-refractivity contribution in [1.29, 1.82) is 0 Å². The third kappa shape index (κ3) is 7.18. The maximum absolute atomic E-state index is 15.1. The molecule has 0 bridgehead atoms. The van der Waals surface area contributed by atoms with E-state index in [1.165, 1.54) is 37.3 Å². The zero-order valence-electron chi connectivity index (χ0n) is 22.6. The van der Waals surface area contributed by atoms with Gasteiger partial charge in [-0.1, -0.05) is 63.8 Å². The van der Waals surface area contributed by atoms with Crippen LogP contribution in [0.25, 0.3) is 0 Å². The van der Waals surface area contributed by atoms with Crippen LogP contribution in [0.1, 0.15) is 111 Å². The van der Waals surface area contributed by atoms with E-state index in [1.54, 1.807) is 0 Å². The molecule has 2 fully saturated rings. The molecule has 4 rings (SSSR count). The summed E-state index contributed by atoms with van der Waals surface area (Å²) in [5, 5.41) is 0. The Morgan fingerprint density at radius 2 is 1.53 bits per heavy atom. The van der Waals surface area contributed by atoms with E-state index in [0.717, 1.165) is 50.5 Å². The Morgan fingerprint density at radius 1 is 0.895 bits per heavy atom. The molecule has 0 aromatic heterocycles. The van der Waals surface area contributed by atoms with Crippen molar-refractivity contribution in [2.45, 2.75) is 96.6 Å². The smallest absolute Gasteiger partial charge is 0.420 e. The molecule has 2 aliphatic rings. The first-order chi connectivity index (χ1) is 18.2.